The molecule has 1 aromatic heterocycles. The molecule has 0 bridgehead atoms. The molecular weight excluding hydrogens is 502 g/mol. The maximum Gasteiger partial charge on any atom is 0.297 e. The van der Waals surface area contributed by atoms with Crippen LogP contribution in [0.5, 0.6) is 0 Å². The molecule has 3 aromatic rings. The third-order valence-electron chi connectivity index (χ3n) is 6.97. The Hall–Kier alpha value is -2.44. The molecule has 1 fully saturated rings. The lowest BCUT2D eigenvalue weighted by atomic mass is 9.93. The molecule has 0 saturated carbocycles. The Morgan fingerprint density at radius 2 is 1.89 bits per heavy atom. The molecule has 1 aliphatic carbocycles. The van der Waals surface area contributed by atoms with Gasteiger partial charge in [-0.1, -0.05) is 0 Å². The van der Waals surface area contributed by atoms with Crippen molar-refractivity contribution in [3.8, 4) is 0 Å². The highest BCUT2D eigenvalue weighted by Crippen LogP contribution is 2.36. The van der Waals surface area contributed by atoms with Crippen LogP contribution in [0.2, 0.25) is 0 Å². The number of benzene rings is 2. The molecule has 1 saturated heterocycles. The summed E-state index contributed by atoms with van der Waals surface area (Å²) in [5.41, 5.74) is 3.41. The minimum atomic E-state index is -4.04. The molecule has 0 amide bonds. The van der Waals surface area contributed by atoms with Gasteiger partial charge in [-0.05, 0) is 55.0 Å². The average Bonchev–Trinajstić information content (AvgIpc) is 3.20. The molecule has 192 valence electrons. The Balaban J connectivity index is 1.40. The highest BCUT2D eigenvalue weighted by Gasteiger charge is 2.30. The first-order valence-corrected chi connectivity index (χ1v) is 14.6. The molecular formula is C25H29N3O6S2. The third-order valence-corrected chi connectivity index (χ3v) is 9.07. The van der Waals surface area contributed by atoms with Crippen LogP contribution in [-0.4, -0.2) is 68.0 Å². The monoisotopic (exact) mass is 531 g/mol. The van der Waals surface area contributed by atoms with Gasteiger partial charge >= 0.3 is 0 Å². The fourth-order valence-corrected chi connectivity index (χ4v) is 6.64. The predicted molar refractivity (Wildman–Crippen MR) is 138 cm³/mol. The molecule has 1 aliphatic heterocycles. The first kappa shape index (κ1) is 25.2. The van der Waals surface area contributed by atoms with Crippen LogP contribution in [0.3, 0.4) is 0 Å². The van der Waals surface area contributed by atoms with E-state index < -0.39 is 21.1 Å². The number of thioether (sulfide) groups is 1. The number of hydrogen-bond acceptors (Lipinski definition) is 8. The number of nitro benzene ring substituents is 1. The summed E-state index contributed by atoms with van der Waals surface area (Å²) in [6, 6.07) is 11.3. The molecule has 0 spiro atoms. The summed E-state index contributed by atoms with van der Waals surface area (Å²) in [7, 11) is -4.04. The molecule has 0 N–H and O–H groups in total. The van der Waals surface area contributed by atoms with Crippen molar-refractivity contribution in [3.05, 3.63) is 63.8 Å². The van der Waals surface area contributed by atoms with Gasteiger partial charge in [-0.25, -0.2) is 0 Å². The molecule has 1 unspecified atom stereocenters. The molecule has 2 heterocycles. The molecule has 2 aliphatic rings. The molecule has 0 radical (unpaired) electrons. The van der Waals surface area contributed by atoms with E-state index in [0.717, 1.165) is 61.7 Å². The molecule has 9 nitrogen and oxygen atoms in total. The summed E-state index contributed by atoms with van der Waals surface area (Å²) in [6.07, 6.45) is 3.37. The Kier molecular flexibility index (Phi) is 7.36. The average molecular weight is 532 g/mol. The van der Waals surface area contributed by atoms with Crippen molar-refractivity contribution in [2.75, 3.05) is 39.1 Å². The molecule has 2 aromatic carbocycles. The van der Waals surface area contributed by atoms with Crippen LogP contribution in [0.25, 0.3) is 10.9 Å². The largest absolute Gasteiger partial charge is 0.379 e. The number of hydrogen-bond donors (Lipinski definition) is 0. The second-order valence-corrected chi connectivity index (χ2v) is 11.5. The SMILES string of the molecule is CSc1ccc2c(c1)c1c(n2CCN2CCOCC2)CCC(OS(=O)(=O)c2ccc([N+](=O)[O-])cc2)C1. The zero-order valence-corrected chi connectivity index (χ0v) is 21.7. The number of fused-ring (bicyclic) bond motifs is 3. The van der Waals surface area contributed by atoms with Crippen molar-refractivity contribution in [1.82, 2.24) is 9.47 Å². The van der Waals surface area contributed by atoms with E-state index in [1.165, 1.54) is 35.5 Å². The maximum absolute atomic E-state index is 12.9. The van der Waals surface area contributed by atoms with Gasteiger partial charge in [0.05, 0.1) is 29.1 Å². The Bertz CT molecular complexity index is 1360. The van der Waals surface area contributed by atoms with E-state index in [0.29, 0.717) is 12.8 Å². The van der Waals surface area contributed by atoms with Crippen molar-refractivity contribution in [2.45, 2.75) is 41.7 Å². The number of nitrogens with zero attached hydrogens (tertiary/aromatic N) is 3. The molecule has 36 heavy (non-hydrogen) atoms. The summed E-state index contributed by atoms with van der Waals surface area (Å²) in [5, 5.41) is 12.1. The first-order chi connectivity index (χ1) is 17.4. The van der Waals surface area contributed by atoms with Crippen LogP contribution in [-0.2, 0) is 38.4 Å². The second kappa shape index (κ2) is 10.5. The van der Waals surface area contributed by atoms with Gasteiger partial charge in [-0.3, -0.25) is 19.2 Å². The highest BCUT2D eigenvalue weighted by atomic mass is 32.2. The first-order valence-electron chi connectivity index (χ1n) is 12.0. The van der Waals surface area contributed by atoms with Crippen molar-refractivity contribution >= 4 is 38.5 Å². The number of rotatable bonds is 8. The molecule has 5 rings (SSSR count). The maximum atomic E-state index is 12.9. The Labute approximate surface area is 214 Å². The van der Waals surface area contributed by atoms with Gasteiger partial charge in [-0.15, -0.1) is 11.8 Å². The van der Waals surface area contributed by atoms with E-state index in [2.05, 4.69) is 27.7 Å². The minimum Gasteiger partial charge on any atom is -0.379 e. The Morgan fingerprint density at radius 3 is 2.58 bits per heavy atom. The lowest BCUT2D eigenvalue weighted by molar-refractivity contribution is -0.384. The van der Waals surface area contributed by atoms with Gasteiger partial charge in [0.2, 0.25) is 0 Å². The third kappa shape index (κ3) is 5.16. The summed E-state index contributed by atoms with van der Waals surface area (Å²) < 4.78 is 39.4. The topological polar surface area (TPSA) is 104 Å². The predicted octanol–water partition coefficient (Wildman–Crippen LogP) is 3.87. The van der Waals surface area contributed by atoms with Crippen LogP contribution in [0.15, 0.2) is 52.3 Å². The van der Waals surface area contributed by atoms with E-state index in [4.69, 9.17) is 8.92 Å². The summed E-state index contributed by atoms with van der Waals surface area (Å²) in [5.74, 6) is 0. The van der Waals surface area contributed by atoms with Gasteiger partial charge in [0.25, 0.3) is 15.8 Å². The van der Waals surface area contributed by atoms with Gasteiger partial charge in [0, 0.05) is 66.2 Å². The number of non-ortho nitro benzene ring substituents is 1. The van der Waals surface area contributed by atoms with Gasteiger partial charge in [0.15, 0.2) is 0 Å². The lowest BCUT2D eigenvalue weighted by Gasteiger charge is -2.28. The van der Waals surface area contributed by atoms with E-state index in [1.54, 1.807) is 11.8 Å². The minimum absolute atomic E-state index is 0.0727. The number of nitro groups is 1. The van der Waals surface area contributed by atoms with Gasteiger partial charge in [0.1, 0.15) is 0 Å². The zero-order chi connectivity index (χ0) is 25.3. The van der Waals surface area contributed by atoms with Crippen LogP contribution in [0.1, 0.15) is 17.7 Å². The standard InChI is InChI=1S/C25H29N3O6S2/c1-35-20-5-9-25-23(17-20)22-16-19(34-36(31,32)21-6-2-18(3-7-21)28(29)30)4-8-24(22)27(25)11-10-26-12-14-33-15-13-26/h2-3,5-7,9,17,19H,4,8,10-16H2,1H3. The highest BCUT2D eigenvalue weighted by molar-refractivity contribution is 7.98. The van der Waals surface area contributed by atoms with E-state index >= 15 is 0 Å². The van der Waals surface area contributed by atoms with Crippen LogP contribution in [0, 0.1) is 10.1 Å². The number of morpholine rings is 1. The second-order valence-electron chi connectivity index (χ2n) is 9.08. The summed E-state index contributed by atoms with van der Waals surface area (Å²) in [4.78, 5) is 13.9. The van der Waals surface area contributed by atoms with Gasteiger partial charge in [-0.2, -0.15) is 8.42 Å². The quantitative estimate of drug-likeness (QED) is 0.187. The zero-order valence-electron chi connectivity index (χ0n) is 20.1. The normalized spacial score (nSPS) is 18.9. The Morgan fingerprint density at radius 1 is 1.14 bits per heavy atom. The van der Waals surface area contributed by atoms with Crippen molar-refractivity contribution in [3.63, 3.8) is 0 Å². The van der Waals surface area contributed by atoms with Crippen LogP contribution >= 0.6 is 11.8 Å². The lowest BCUT2D eigenvalue weighted by Crippen LogP contribution is -2.38. The van der Waals surface area contributed by atoms with E-state index in [-0.39, 0.29) is 10.6 Å². The summed E-state index contributed by atoms with van der Waals surface area (Å²) >= 11 is 1.68. The summed E-state index contributed by atoms with van der Waals surface area (Å²) in [6.45, 7) is 5.23. The number of ether oxygens (including phenoxy) is 1. The van der Waals surface area contributed by atoms with Crippen molar-refractivity contribution in [2.24, 2.45) is 0 Å². The van der Waals surface area contributed by atoms with Crippen LogP contribution < -0.4 is 0 Å². The fraction of sp³-hybridized carbons (Fsp3) is 0.440. The smallest absolute Gasteiger partial charge is 0.297 e. The van der Waals surface area contributed by atoms with E-state index in [9.17, 15) is 18.5 Å². The van der Waals surface area contributed by atoms with Crippen molar-refractivity contribution in [1.29, 1.82) is 0 Å². The fourth-order valence-electron chi connectivity index (χ4n) is 5.10. The molecule has 1 atom stereocenters. The molecule has 11 heteroatoms. The van der Waals surface area contributed by atoms with E-state index in [1.807, 2.05) is 6.26 Å². The van der Waals surface area contributed by atoms with Crippen molar-refractivity contribution < 1.29 is 22.3 Å². The number of aromatic nitrogens is 1. The van der Waals surface area contributed by atoms with Gasteiger partial charge < -0.3 is 9.30 Å². The van der Waals surface area contributed by atoms with Crippen LogP contribution in [0.4, 0.5) is 5.69 Å².